The molecule has 2 amide bonds. The van der Waals surface area contributed by atoms with Crippen molar-refractivity contribution >= 4 is 28.7 Å². The van der Waals surface area contributed by atoms with Crippen molar-refractivity contribution in [3.8, 4) is 11.8 Å². The zero-order valence-corrected chi connectivity index (χ0v) is 18.2. The second kappa shape index (κ2) is 7.29. The van der Waals surface area contributed by atoms with Crippen molar-refractivity contribution in [2.75, 3.05) is 18.8 Å². The number of amides is 2. The molecule has 2 fully saturated rings. The molecule has 6 rings (SSSR count). The molecule has 7 nitrogen and oxygen atoms in total. The second-order valence-corrected chi connectivity index (χ2v) is 9.10. The lowest BCUT2D eigenvalue weighted by molar-refractivity contribution is -0.136. The third kappa shape index (κ3) is 3.05. The van der Waals surface area contributed by atoms with Gasteiger partial charge in [0.2, 0.25) is 0 Å². The van der Waals surface area contributed by atoms with E-state index >= 15 is 0 Å². The minimum atomic E-state index is -1.24. The smallest absolute Gasteiger partial charge is 0.255 e. The van der Waals surface area contributed by atoms with Gasteiger partial charge in [-0.2, -0.15) is 0 Å². The number of hydrogen-bond donors (Lipinski definition) is 2. The minimum absolute atomic E-state index is 0.0420. The van der Waals surface area contributed by atoms with E-state index in [-0.39, 0.29) is 23.8 Å². The number of nitrogen functional groups attached to an aromatic ring is 1. The van der Waals surface area contributed by atoms with Gasteiger partial charge in [0.1, 0.15) is 5.82 Å². The maximum atomic E-state index is 14.1. The summed E-state index contributed by atoms with van der Waals surface area (Å²) in [6.45, 7) is 0.777. The molecular weight excluding hydrogens is 440 g/mol. The number of nitrogens with one attached hydrogen (secondary N) is 1. The number of carbonyl (C=O) groups is 2. The Kier molecular flexibility index (Phi) is 4.43. The van der Waals surface area contributed by atoms with Gasteiger partial charge in [0.25, 0.3) is 11.8 Å². The predicted molar refractivity (Wildman–Crippen MR) is 120 cm³/mol. The fraction of sp³-hybridized carbons (Fsp3) is 0.320. The number of anilines is 1. The van der Waals surface area contributed by atoms with Gasteiger partial charge in [0.15, 0.2) is 17.2 Å². The molecule has 1 aliphatic carbocycles. The molecule has 0 bridgehead atoms. The highest BCUT2D eigenvalue weighted by molar-refractivity contribution is 6.07. The number of nitrogens with zero attached hydrogens (tertiary/aromatic N) is 3. The average molecular weight is 461 g/mol. The van der Waals surface area contributed by atoms with E-state index in [1.807, 2.05) is 0 Å². The topological polar surface area (TPSA) is 95.3 Å². The third-order valence-corrected chi connectivity index (χ3v) is 6.87. The second-order valence-electron chi connectivity index (χ2n) is 9.10. The van der Waals surface area contributed by atoms with Crippen LogP contribution < -0.4 is 5.73 Å². The molecule has 3 aliphatic rings. The van der Waals surface area contributed by atoms with Crippen LogP contribution in [0.5, 0.6) is 0 Å². The molecular formula is C25H21F2N5O2. The van der Waals surface area contributed by atoms with Crippen LogP contribution in [0.2, 0.25) is 0 Å². The number of pyridine rings is 1. The van der Waals surface area contributed by atoms with Crippen LogP contribution in [0.15, 0.2) is 30.3 Å². The Morgan fingerprint density at radius 1 is 1.21 bits per heavy atom. The molecule has 9 heteroatoms. The lowest BCUT2D eigenvalue weighted by atomic mass is 9.87. The van der Waals surface area contributed by atoms with E-state index in [1.54, 1.807) is 11.0 Å². The van der Waals surface area contributed by atoms with Crippen molar-refractivity contribution in [1.29, 1.82) is 0 Å². The molecule has 1 aromatic carbocycles. The summed E-state index contributed by atoms with van der Waals surface area (Å²) in [4.78, 5) is 37.5. The number of aromatic amines is 1. The van der Waals surface area contributed by atoms with Crippen LogP contribution in [0.1, 0.15) is 40.9 Å². The number of H-pyrrole nitrogens is 1. The lowest BCUT2D eigenvalue weighted by Crippen LogP contribution is -2.49. The number of halogens is 2. The van der Waals surface area contributed by atoms with Crippen molar-refractivity contribution in [2.45, 2.75) is 31.3 Å². The predicted octanol–water partition coefficient (Wildman–Crippen LogP) is 2.92. The van der Waals surface area contributed by atoms with E-state index in [0.29, 0.717) is 47.7 Å². The Labute approximate surface area is 193 Å². The molecule has 1 saturated carbocycles. The number of aromatic nitrogens is 2. The van der Waals surface area contributed by atoms with Crippen molar-refractivity contribution < 1.29 is 18.4 Å². The number of likely N-dealkylation sites (tertiary alicyclic amines) is 1. The zero-order chi connectivity index (χ0) is 23.6. The van der Waals surface area contributed by atoms with Crippen LogP contribution in [-0.2, 0) is 16.9 Å². The first-order chi connectivity index (χ1) is 16.4. The number of rotatable bonds is 3. The summed E-state index contributed by atoms with van der Waals surface area (Å²) in [6, 6.07) is 6.91. The van der Waals surface area contributed by atoms with E-state index < -0.39 is 23.1 Å². The van der Waals surface area contributed by atoms with Crippen LogP contribution in [-0.4, -0.2) is 44.7 Å². The molecule has 4 heterocycles. The maximum Gasteiger partial charge on any atom is 0.255 e. The summed E-state index contributed by atoms with van der Waals surface area (Å²) in [5, 5.41) is 0. The van der Waals surface area contributed by atoms with E-state index in [0.717, 1.165) is 12.8 Å². The molecule has 34 heavy (non-hydrogen) atoms. The molecule has 2 aliphatic heterocycles. The molecule has 3 N–H and O–H groups in total. The summed E-state index contributed by atoms with van der Waals surface area (Å²) < 4.78 is 27.9. The highest BCUT2D eigenvalue weighted by Gasteiger charge is 2.59. The molecule has 1 saturated heterocycles. The first-order valence-electron chi connectivity index (χ1n) is 11.2. The Hall–Kier alpha value is -3.93. The van der Waals surface area contributed by atoms with Gasteiger partial charge in [-0.25, -0.2) is 13.8 Å². The molecule has 172 valence electrons. The number of fused-ring (bicyclic) bond motifs is 3. The average Bonchev–Trinajstić information content (AvgIpc) is 3.41. The normalized spacial score (nSPS) is 21.5. The fourth-order valence-corrected chi connectivity index (χ4v) is 5.01. The summed E-state index contributed by atoms with van der Waals surface area (Å²) in [6.07, 6.45) is 2.57. The van der Waals surface area contributed by atoms with Crippen LogP contribution in [0, 0.1) is 29.4 Å². The first kappa shape index (κ1) is 20.7. The van der Waals surface area contributed by atoms with Crippen molar-refractivity contribution in [1.82, 2.24) is 19.8 Å². The van der Waals surface area contributed by atoms with Gasteiger partial charge < -0.3 is 20.5 Å². The summed E-state index contributed by atoms with van der Waals surface area (Å²) >= 11 is 0. The number of nitrogens with two attached hydrogens (primary N) is 1. The molecule has 0 unspecified atom stereocenters. The fourth-order valence-electron chi connectivity index (χ4n) is 5.01. The van der Waals surface area contributed by atoms with Gasteiger partial charge in [-0.05, 0) is 31.0 Å². The van der Waals surface area contributed by atoms with Gasteiger partial charge in [-0.15, -0.1) is 0 Å². The van der Waals surface area contributed by atoms with Crippen molar-refractivity contribution in [3.63, 3.8) is 0 Å². The van der Waals surface area contributed by atoms with E-state index in [2.05, 4.69) is 21.8 Å². The standard InChI is InChI=1S/C25H21F2N5O2/c26-15-5-6-18-17(10-15)23(33)32(13-16-11-20-21(29-16)12-19(27)22(28)30-20)25(18)7-9-31(24(25)34)8-1-2-14-3-4-14/h5-6,10-12,14,29H,3-4,7-9,13H2,(H2,28,30)/t25-/m0/s1. The van der Waals surface area contributed by atoms with Gasteiger partial charge >= 0.3 is 0 Å². The Bertz CT molecular complexity index is 1400. The third-order valence-electron chi connectivity index (χ3n) is 6.87. The quantitative estimate of drug-likeness (QED) is 0.587. The highest BCUT2D eigenvalue weighted by atomic mass is 19.1. The van der Waals surface area contributed by atoms with Crippen LogP contribution in [0.3, 0.4) is 0 Å². The van der Waals surface area contributed by atoms with Gasteiger partial charge in [0.05, 0.1) is 24.1 Å². The summed E-state index contributed by atoms with van der Waals surface area (Å²) in [7, 11) is 0. The van der Waals surface area contributed by atoms with Gasteiger partial charge in [0, 0.05) is 41.8 Å². The Morgan fingerprint density at radius 3 is 2.82 bits per heavy atom. The summed E-state index contributed by atoms with van der Waals surface area (Å²) in [5.74, 6) is 4.63. The molecule has 0 radical (unpaired) electrons. The lowest BCUT2D eigenvalue weighted by Gasteiger charge is -2.34. The van der Waals surface area contributed by atoms with Crippen LogP contribution in [0.4, 0.5) is 14.6 Å². The number of benzene rings is 1. The molecule has 1 spiro atoms. The van der Waals surface area contributed by atoms with Crippen molar-refractivity contribution in [2.24, 2.45) is 5.92 Å². The highest BCUT2D eigenvalue weighted by Crippen LogP contribution is 2.47. The Morgan fingerprint density at radius 2 is 2.03 bits per heavy atom. The Balaban J connectivity index is 1.39. The van der Waals surface area contributed by atoms with Gasteiger partial charge in [-0.3, -0.25) is 9.59 Å². The largest absolute Gasteiger partial charge is 0.381 e. The number of carbonyl (C=O) groups excluding carboxylic acids is 2. The SMILES string of the molecule is Nc1nc2cc(CN3C(=O)c4cc(F)ccc4[C@]34CCN(CC#CC3CC3)C4=O)[nH]c2cc1F. The molecule has 2 aromatic heterocycles. The van der Waals surface area contributed by atoms with Crippen LogP contribution in [0.25, 0.3) is 11.0 Å². The number of hydrogen-bond acceptors (Lipinski definition) is 4. The maximum absolute atomic E-state index is 14.1. The molecule has 1 atom stereocenters. The van der Waals surface area contributed by atoms with Gasteiger partial charge in [-0.1, -0.05) is 17.9 Å². The molecule has 3 aromatic rings. The van der Waals surface area contributed by atoms with E-state index in [4.69, 9.17) is 5.73 Å². The van der Waals surface area contributed by atoms with E-state index in [1.165, 1.54) is 29.2 Å². The van der Waals surface area contributed by atoms with Crippen LogP contribution >= 0.6 is 0 Å². The summed E-state index contributed by atoms with van der Waals surface area (Å²) in [5.41, 5.74) is 6.48. The van der Waals surface area contributed by atoms with E-state index in [9.17, 15) is 18.4 Å². The van der Waals surface area contributed by atoms with Crippen molar-refractivity contribution in [3.05, 3.63) is 58.8 Å². The first-order valence-corrected chi connectivity index (χ1v) is 11.2. The minimum Gasteiger partial charge on any atom is -0.381 e. The monoisotopic (exact) mass is 461 g/mol. The zero-order valence-electron chi connectivity index (χ0n) is 18.2.